The van der Waals surface area contributed by atoms with Crippen LogP contribution in [0, 0.1) is 0 Å². The molecule has 4 aromatic rings. The second kappa shape index (κ2) is 8.26. The molecule has 1 aliphatic heterocycles. The summed E-state index contributed by atoms with van der Waals surface area (Å²) in [7, 11) is 2.58. The number of hydrogen-bond donors (Lipinski definition) is 0. The predicted octanol–water partition coefficient (Wildman–Crippen LogP) is 6.25. The van der Waals surface area contributed by atoms with Gasteiger partial charge in [0.25, 0.3) is 0 Å². The van der Waals surface area contributed by atoms with Crippen LogP contribution in [0.3, 0.4) is 0 Å². The molecule has 0 saturated carbocycles. The molecule has 5 rings (SSSR count). The average Bonchev–Trinajstić information content (AvgIpc) is 3.12. The average molecular weight is 504 g/mol. The second-order valence-electron chi connectivity index (χ2n) is 7.31. The minimum absolute atomic E-state index is 0.114. The van der Waals surface area contributed by atoms with Gasteiger partial charge in [-0.25, -0.2) is 9.59 Å². The summed E-state index contributed by atoms with van der Waals surface area (Å²) in [6.45, 7) is 0. The third kappa shape index (κ3) is 3.24. The van der Waals surface area contributed by atoms with Gasteiger partial charge in [-0.05, 0) is 30.3 Å². The SMILES string of the molecule is COC(=O)c1c(C(=O)OC)c2n(c1-c1ccccc1Br)-c1ccccc1Oc1ccccc1-2. The van der Waals surface area contributed by atoms with E-state index in [2.05, 4.69) is 15.9 Å². The summed E-state index contributed by atoms with van der Waals surface area (Å²) < 4.78 is 19.2. The summed E-state index contributed by atoms with van der Waals surface area (Å²) in [6, 6.07) is 22.4. The third-order valence-corrected chi connectivity index (χ3v) is 6.24. The molecule has 7 heteroatoms. The summed E-state index contributed by atoms with van der Waals surface area (Å²) >= 11 is 3.61. The quantitative estimate of drug-likeness (QED) is 0.272. The van der Waals surface area contributed by atoms with Crippen LogP contribution in [0.2, 0.25) is 0 Å². The first kappa shape index (κ1) is 21.0. The van der Waals surface area contributed by atoms with Gasteiger partial charge in [-0.3, -0.25) is 0 Å². The Bertz CT molecular complexity index is 1410. The number of carbonyl (C=O) groups is 2. The van der Waals surface area contributed by atoms with E-state index in [1.165, 1.54) is 14.2 Å². The Morgan fingerprint density at radius 1 is 0.727 bits per heavy atom. The molecule has 0 unspecified atom stereocenters. The third-order valence-electron chi connectivity index (χ3n) is 5.55. The Hall–Kier alpha value is -3.84. The zero-order valence-corrected chi connectivity index (χ0v) is 19.4. The Labute approximate surface area is 198 Å². The maximum Gasteiger partial charge on any atom is 0.340 e. The van der Waals surface area contributed by atoms with Gasteiger partial charge in [0.2, 0.25) is 0 Å². The number of methoxy groups -OCH3 is 2. The maximum absolute atomic E-state index is 13.2. The van der Waals surface area contributed by atoms with Crippen molar-refractivity contribution in [3.8, 4) is 39.7 Å². The van der Waals surface area contributed by atoms with E-state index < -0.39 is 11.9 Å². The molecular weight excluding hydrogens is 486 g/mol. The molecule has 164 valence electrons. The van der Waals surface area contributed by atoms with Crippen molar-refractivity contribution in [3.05, 3.63) is 88.4 Å². The van der Waals surface area contributed by atoms with Crippen molar-refractivity contribution < 1.29 is 23.8 Å². The maximum atomic E-state index is 13.2. The lowest BCUT2D eigenvalue weighted by molar-refractivity contribution is 0.0558. The normalized spacial score (nSPS) is 11.4. The van der Waals surface area contributed by atoms with Crippen molar-refractivity contribution in [1.29, 1.82) is 0 Å². The molecule has 3 aromatic carbocycles. The molecular formula is C26H18BrNO5. The molecule has 2 heterocycles. The molecule has 0 atom stereocenters. The Morgan fingerprint density at radius 2 is 1.24 bits per heavy atom. The summed E-state index contributed by atoms with van der Waals surface area (Å²) in [4.78, 5) is 26.4. The molecule has 33 heavy (non-hydrogen) atoms. The van der Waals surface area contributed by atoms with Crippen LogP contribution >= 0.6 is 15.9 Å². The van der Waals surface area contributed by atoms with E-state index >= 15 is 0 Å². The van der Waals surface area contributed by atoms with Crippen LogP contribution in [0.15, 0.2) is 77.3 Å². The van der Waals surface area contributed by atoms with Gasteiger partial charge in [-0.15, -0.1) is 0 Å². The highest BCUT2D eigenvalue weighted by atomic mass is 79.9. The zero-order chi connectivity index (χ0) is 23.1. The summed E-state index contributed by atoms with van der Waals surface area (Å²) in [6.07, 6.45) is 0. The van der Waals surface area contributed by atoms with E-state index in [1.807, 2.05) is 77.4 Å². The number of aromatic nitrogens is 1. The highest BCUT2D eigenvalue weighted by molar-refractivity contribution is 9.10. The van der Waals surface area contributed by atoms with Gasteiger partial charge in [0.05, 0.1) is 31.3 Å². The fourth-order valence-electron chi connectivity index (χ4n) is 4.18. The zero-order valence-electron chi connectivity index (χ0n) is 17.8. The molecule has 0 spiro atoms. The van der Waals surface area contributed by atoms with E-state index in [-0.39, 0.29) is 11.1 Å². The number of esters is 2. The van der Waals surface area contributed by atoms with Crippen LogP contribution in [0.25, 0.3) is 28.2 Å². The molecule has 0 saturated heterocycles. The van der Waals surface area contributed by atoms with Gasteiger partial charge < -0.3 is 18.8 Å². The van der Waals surface area contributed by atoms with Crippen LogP contribution in [-0.4, -0.2) is 30.7 Å². The van der Waals surface area contributed by atoms with Gasteiger partial charge in [0.1, 0.15) is 16.9 Å². The van der Waals surface area contributed by atoms with Gasteiger partial charge in [-0.1, -0.05) is 58.4 Å². The molecule has 0 bridgehead atoms. The second-order valence-corrected chi connectivity index (χ2v) is 8.17. The minimum Gasteiger partial charge on any atom is -0.465 e. The number of para-hydroxylation sites is 3. The largest absolute Gasteiger partial charge is 0.465 e. The van der Waals surface area contributed by atoms with Crippen molar-refractivity contribution >= 4 is 27.9 Å². The lowest BCUT2D eigenvalue weighted by Crippen LogP contribution is -2.11. The molecule has 1 aliphatic rings. The van der Waals surface area contributed by atoms with E-state index in [9.17, 15) is 9.59 Å². The monoisotopic (exact) mass is 503 g/mol. The highest BCUT2D eigenvalue weighted by Gasteiger charge is 2.37. The Kier molecular flexibility index (Phi) is 5.26. The summed E-state index contributed by atoms with van der Waals surface area (Å²) in [5.41, 5.74) is 3.27. The highest BCUT2D eigenvalue weighted by Crippen LogP contribution is 2.49. The first-order valence-corrected chi connectivity index (χ1v) is 10.9. The number of benzene rings is 3. The number of halogens is 1. The number of hydrogen-bond acceptors (Lipinski definition) is 5. The molecule has 0 radical (unpaired) electrons. The fraction of sp³-hybridized carbons (Fsp3) is 0.0769. The number of rotatable bonds is 3. The topological polar surface area (TPSA) is 66.8 Å². The first-order valence-electron chi connectivity index (χ1n) is 10.1. The van der Waals surface area contributed by atoms with Crippen molar-refractivity contribution in [3.63, 3.8) is 0 Å². The fourth-order valence-corrected chi connectivity index (χ4v) is 4.65. The van der Waals surface area contributed by atoms with Gasteiger partial charge >= 0.3 is 11.9 Å². The number of nitrogens with zero attached hydrogens (tertiary/aromatic N) is 1. The van der Waals surface area contributed by atoms with E-state index in [0.29, 0.717) is 39.7 Å². The molecule has 1 aromatic heterocycles. The lowest BCUT2D eigenvalue weighted by Gasteiger charge is -2.15. The van der Waals surface area contributed by atoms with Crippen molar-refractivity contribution in [2.45, 2.75) is 0 Å². The molecule has 6 nitrogen and oxygen atoms in total. The van der Waals surface area contributed by atoms with E-state index in [1.54, 1.807) is 0 Å². The van der Waals surface area contributed by atoms with E-state index in [4.69, 9.17) is 14.2 Å². The Balaban J connectivity index is 2.07. The number of ether oxygens (including phenoxy) is 3. The molecule has 0 fully saturated rings. The minimum atomic E-state index is -0.647. The van der Waals surface area contributed by atoms with Crippen molar-refractivity contribution in [2.75, 3.05) is 14.2 Å². The standard InChI is InChI=1S/C26H18BrNO5/c1-31-25(29)21-22(26(30)32-2)24-16-10-4-7-13-19(16)33-20-14-8-6-12-18(20)28(24)23(21)15-9-3-5-11-17(15)27/h3-14H,1-2H3. The lowest BCUT2D eigenvalue weighted by atomic mass is 10.0. The Morgan fingerprint density at radius 3 is 1.88 bits per heavy atom. The molecule has 0 N–H and O–H groups in total. The first-order chi connectivity index (χ1) is 16.1. The van der Waals surface area contributed by atoms with E-state index in [0.717, 1.165) is 4.47 Å². The van der Waals surface area contributed by atoms with Crippen LogP contribution in [0.1, 0.15) is 20.7 Å². The van der Waals surface area contributed by atoms with Crippen LogP contribution in [0.4, 0.5) is 0 Å². The molecule has 0 aliphatic carbocycles. The smallest absolute Gasteiger partial charge is 0.340 e. The van der Waals surface area contributed by atoms with Crippen LogP contribution in [0.5, 0.6) is 11.5 Å². The van der Waals surface area contributed by atoms with Gasteiger partial charge in [0.15, 0.2) is 5.75 Å². The molecule has 0 amide bonds. The van der Waals surface area contributed by atoms with Crippen molar-refractivity contribution in [2.24, 2.45) is 0 Å². The number of carbonyl (C=O) groups excluding carboxylic acids is 2. The van der Waals surface area contributed by atoms with Gasteiger partial charge in [-0.2, -0.15) is 0 Å². The van der Waals surface area contributed by atoms with Gasteiger partial charge in [0, 0.05) is 15.6 Å². The number of fused-ring (bicyclic) bond motifs is 5. The summed E-state index contributed by atoms with van der Waals surface area (Å²) in [5, 5.41) is 0. The van der Waals surface area contributed by atoms with Crippen LogP contribution < -0.4 is 4.74 Å². The van der Waals surface area contributed by atoms with Crippen molar-refractivity contribution in [1.82, 2.24) is 4.57 Å². The predicted molar refractivity (Wildman–Crippen MR) is 127 cm³/mol. The summed E-state index contributed by atoms with van der Waals surface area (Å²) in [5.74, 6) is -0.148. The van der Waals surface area contributed by atoms with Crippen LogP contribution in [-0.2, 0) is 9.47 Å².